The third kappa shape index (κ3) is 9.31. The van der Waals surface area contributed by atoms with Crippen LogP contribution in [-0.2, 0) is 7.05 Å². The van der Waals surface area contributed by atoms with Gasteiger partial charge in [-0.2, -0.15) is 18.3 Å². The molecule has 210 valence electrons. The van der Waals surface area contributed by atoms with Crippen LogP contribution in [0.15, 0.2) is 48.9 Å². The summed E-state index contributed by atoms with van der Waals surface area (Å²) in [5.41, 5.74) is 7.09. The van der Waals surface area contributed by atoms with Crippen LogP contribution >= 0.6 is 0 Å². The second-order valence-electron chi connectivity index (χ2n) is 9.03. The number of halogens is 3. The lowest BCUT2D eigenvalue weighted by Gasteiger charge is -2.19. The molecule has 0 bridgehead atoms. The summed E-state index contributed by atoms with van der Waals surface area (Å²) in [7, 11) is 1.74. The molecule has 39 heavy (non-hydrogen) atoms. The number of pyridine rings is 1. The average molecular weight is 548 g/mol. The highest BCUT2D eigenvalue weighted by Crippen LogP contribution is 2.27. The van der Waals surface area contributed by atoms with Crippen molar-refractivity contribution in [2.75, 3.05) is 13.2 Å². The molecule has 0 spiro atoms. The Morgan fingerprint density at radius 1 is 1.13 bits per heavy atom. The lowest BCUT2D eigenvalue weighted by molar-refractivity contribution is -0.139. The lowest BCUT2D eigenvalue weighted by Crippen LogP contribution is -2.35. The van der Waals surface area contributed by atoms with E-state index in [1.165, 1.54) is 18.3 Å². The smallest absolute Gasteiger partial charge is 0.392 e. The zero-order valence-electron chi connectivity index (χ0n) is 21.8. The van der Waals surface area contributed by atoms with Gasteiger partial charge >= 0.3 is 6.18 Å². The number of nitrogens with zero attached hydrogens (tertiary/aromatic N) is 3. The normalized spacial score (nSPS) is 12.1. The van der Waals surface area contributed by atoms with Crippen molar-refractivity contribution in [3.05, 3.63) is 60.0 Å². The van der Waals surface area contributed by atoms with Crippen molar-refractivity contribution in [3.8, 4) is 22.8 Å². The molecule has 0 saturated carbocycles. The fourth-order valence-electron chi connectivity index (χ4n) is 3.93. The van der Waals surface area contributed by atoms with E-state index < -0.39 is 25.1 Å². The monoisotopic (exact) mass is 547 g/mol. The number of hydrogen-bond acceptors (Lipinski definition) is 6. The average Bonchev–Trinajstić information content (AvgIpc) is 3.32. The Hall–Kier alpha value is -4.09. The molecule has 0 fully saturated rings. The first kappa shape index (κ1) is 29.5. The van der Waals surface area contributed by atoms with Crippen LogP contribution in [0, 0.1) is 0 Å². The number of alkyl halides is 3. The van der Waals surface area contributed by atoms with Crippen molar-refractivity contribution >= 4 is 11.8 Å². The number of benzene rings is 1. The molecule has 2 heterocycles. The van der Waals surface area contributed by atoms with Gasteiger partial charge in [0.1, 0.15) is 11.3 Å². The van der Waals surface area contributed by atoms with Crippen LogP contribution in [0.3, 0.4) is 0 Å². The van der Waals surface area contributed by atoms with E-state index in [2.05, 4.69) is 15.4 Å². The Bertz CT molecular complexity index is 1260. The Morgan fingerprint density at radius 3 is 2.59 bits per heavy atom. The van der Waals surface area contributed by atoms with Gasteiger partial charge in [-0.05, 0) is 55.2 Å². The minimum absolute atomic E-state index is 0.159. The Balaban J connectivity index is 1.68. The van der Waals surface area contributed by atoms with Gasteiger partial charge in [-0.1, -0.05) is 13.3 Å². The predicted molar refractivity (Wildman–Crippen MR) is 138 cm³/mol. The van der Waals surface area contributed by atoms with Gasteiger partial charge in [0.25, 0.3) is 11.8 Å². The molecule has 1 aromatic carbocycles. The molecule has 3 aromatic rings. The molecule has 0 unspecified atom stereocenters. The Labute approximate surface area is 224 Å². The number of primary amides is 1. The summed E-state index contributed by atoms with van der Waals surface area (Å²) < 4.78 is 50.4. The molecule has 0 aliphatic carbocycles. The topological polar surface area (TPSA) is 121 Å². The second-order valence-corrected chi connectivity index (χ2v) is 9.03. The van der Waals surface area contributed by atoms with Gasteiger partial charge in [0, 0.05) is 36.6 Å². The highest BCUT2D eigenvalue weighted by molar-refractivity contribution is 5.96. The number of carbonyl (C=O) groups excluding carboxylic acids is 2. The van der Waals surface area contributed by atoms with Crippen LogP contribution in [0.4, 0.5) is 13.2 Å². The van der Waals surface area contributed by atoms with E-state index in [1.807, 2.05) is 6.92 Å². The first-order chi connectivity index (χ1) is 18.6. The largest absolute Gasteiger partial charge is 0.493 e. The highest BCUT2D eigenvalue weighted by atomic mass is 19.4. The van der Waals surface area contributed by atoms with Crippen LogP contribution in [0.2, 0.25) is 0 Å². The van der Waals surface area contributed by atoms with Crippen molar-refractivity contribution in [3.63, 3.8) is 0 Å². The van der Waals surface area contributed by atoms with Gasteiger partial charge in [0.2, 0.25) is 5.88 Å². The number of nitrogens with one attached hydrogen (secondary N) is 1. The predicted octanol–water partition coefficient (Wildman–Crippen LogP) is 4.67. The lowest BCUT2D eigenvalue weighted by atomic mass is 10.0. The van der Waals surface area contributed by atoms with Crippen LogP contribution in [0.25, 0.3) is 11.1 Å². The Morgan fingerprint density at radius 2 is 1.92 bits per heavy atom. The number of nitrogens with two attached hydrogens (primary N) is 1. The van der Waals surface area contributed by atoms with Crippen molar-refractivity contribution in [2.24, 2.45) is 12.8 Å². The van der Waals surface area contributed by atoms with Crippen molar-refractivity contribution in [1.29, 1.82) is 0 Å². The molecule has 3 N–H and O–H groups in total. The maximum atomic E-state index is 13.2. The number of aryl methyl sites for hydroxylation is 1. The summed E-state index contributed by atoms with van der Waals surface area (Å²) in [4.78, 5) is 28.8. The summed E-state index contributed by atoms with van der Waals surface area (Å²) in [5, 5.41) is 7.14. The molecule has 0 aliphatic heterocycles. The van der Waals surface area contributed by atoms with Gasteiger partial charge in [0.15, 0.2) is 0 Å². The molecule has 12 heteroatoms. The van der Waals surface area contributed by atoms with Crippen molar-refractivity contribution < 1.29 is 32.2 Å². The number of hydrogen-bond donors (Lipinski definition) is 2. The SMILES string of the molecule is CCC[C@@H](CCCOc1ncccc1C(N)=O)NC(=O)c1cc(OCCC(F)(F)F)cc(-c2cnn(C)c2)c1. The molecule has 9 nitrogen and oxygen atoms in total. The van der Waals surface area contributed by atoms with E-state index in [0.29, 0.717) is 30.4 Å². The quantitative estimate of drug-likeness (QED) is 0.283. The zero-order valence-corrected chi connectivity index (χ0v) is 21.8. The van der Waals surface area contributed by atoms with Gasteiger partial charge in [-0.3, -0.25) is 14.3 Å². The summed E-state index contributed by atoms with van der Waals surface area (Å²) in [6, 6.07) is 7.62. The number of amides is 2. The third-order valence-electron chi connectivity index (χ3n) is 5.81. The minimum Gasteiger partial charge on any atom is -0.493 e. The Kier molecular flexibility index (Phi) is 10.3. The summed E-state index contributed by atoms with van der Waals surface area (Å²) in [5.74, 6) is -0.691. The van der Waals surface area contributed by atoms with Gasteiger partial charge in [0.05, 0.1) is 25.8 Å². The van der Waals surface area contributed by atoms with Gasteiger partial charge < -0.3 is 20.5 Å². The highest BCUT2D eigenvalue weighted by Gasteiger charge is 2.27. The second kappa shape index (κ2) is 13.6. The van der Waals surface area contributed by atoms with Crippen LogP contribution < -0.4 is 20.5 Å². The summed E-state index contributed by atoms with van der Waals surface area (Å²) in [6.45, 7) is 1.70. The zero-order chi connectivity index (χ0) is 28.4. The first-order valence-corrected chi connectivity index (χ1v) is 12.6. The number of carbonyl (C=O) groups is 2. The van der Waals surface area contributed by atoms with E-state index in [1.54, 1.807) is 42.3 Å². The molecular formula is C27H32F3N5O4. The maximum absolute atomic E-state index is 13.2. The summed E-state index contributed by atoms with van der Waals surface area (Å²) >= 11 is 0. The summed E-state index contributed by atoms with van der Waals surface area (Å²) in [6.07, 6.45) is 2.07. The standard InChI is InChI=1S/C27H32F3N5O4/c1-3-6-21(7-5-11-39-26-23(24(31)36)8-4-10-32-26)34-25(37)19-13-18(20-16-33-35(2)17-20)14-22(15-19)38-12-9-27(28,29)30/h4,8,10,13-17,21H,3,5-7,9,11-12H2,1-2H3,(H2,31,36)(H,34,37)/t21-/m0/s1. The van der Waals surface area contributed by atoms with E-state index in [0.717, 1.165) is 6.42 Å². The molecule has 0 aliphatic rings. The fraction of sp³-hybridized carbons (Fsp3) is 0.407. The van der Waals surface area contributed by atoms with Crippen LogP contribution in [0.5, 0.6) is 11.6 Å². The van der Waals surface area contributed by atoms with E-state index in [-0.39, 0.29) is 41.3 Å². The van der Waals surface area contributed by atoms with Crippen LogP contribution in [-0.4, -0.2) is 52.0 Å². The first-order valence-electron chi connectivity index (χ1n) is 12.6. The number of aromatic nitrogens is 3. The van der Waals surface area contributed by atoms with Crippen molar-refractivity contribution in [2.45, 2.75) is 51.2 Å². The van der Waals surface area contributed by atoms with Crippen LogP contribution in [0.1, 0.15) is 59.7 Å². The van der Waals surface area contributed by atoms with E-state index >= 15 is 0 Å². The molecule has 3 rings (SSSR count). The molecule has 2 amide bonds. The molecule has 0 saturated heterocycles. The van der Waals surface area contributed by atoms with Crippen molar-refractivity contribution in [1.82, 2.24) is 20.1 Å². The van der Waals surface area contributed by atoms with Gasteiger partial charge in [-0.15, -0.1) is 0 Å². The third-order valence-corrected chi connectivity index (χ3v) is 5.81. The maximum Gasteiger partial charge on any atom is 0.392 e. The minimum atomic E-state index is -4.35. The molecular weight excluding hydrogens is 515 g/mol. The fourth-order valence-corrected chi connectivity index (χ4v) is 3.93. The molecule has 2 aromatic heterocycles. The van der Waals surface area contributed by atoms with E-state index in [9.17, 15) is 22.8 Å². The van der Waals surface area contributed by atoms with E-state index in [4.69, 9.17) is 15.2 Å². The van der Waals surface area contributed by atoms with Gasteiger partial charge in [-0.25, -0.2) is 4.98 Å². The number of ether oxygens (including phenoxy) is 2. The molecule has 1 atom stereocenters. The number of rotatable bonds is 14. The molecule has 0 radical (unpaired) electrons.